The van der Waals surface area contributed by atoms with Crippen molar-refractivity contribution in [3.8, 4) is 5.75 Å². The van der Waals surface area contributed by atoms with Crippen molar-refractivity contribution in [2.75, 3.05) is 13.2 Å². The molecule has 0 N–H and O–H groups in total. The molecule has 0 aliphatic carbocycles. The Morgan fingerprint density at radius 3 is 2.72 bits per heavy atom. The molecule has 0 aliphatic heterocycles. The lowest BCUT2D eigenvalue weighted by Crippen LogP contribution is -2.19. The molecule has 0 fully saturated rings. The molecule has 0 amide bonds. The van der Waals surface area contributed by atoms with E-state index in [1.54, 1.807) is 6.92 Å². The number of benzene rings is 1. The van der Waals surface area contributed by atoms with E-state index in [0.717, 1.165) is 5.75 Å². The zero-order valence-electron chi connectivity index (χ0n) is 14.0. The first-order valence-corrected chi connectivity index (χ1v) is 8.77. The molecule has 3 rings (SSSR count). The third-order valence-electron chi connectivity index (χ3n) is 3.77. The summed E-state index contributed by atoms with van der Waals surface area (Å²) in [6.45, 7) is 4.56. The van der Waals surface area contributed by atoms with Crippen LogP contribution in [0.5, 0.6) is 5.75 Å². The Hall–Kier alpha value is -2.67. The van der Waals surface area contributed by atoms with Crippen LogP contribution >= 0.6 is 11.3 Å². The fraction of sp³-hybridized carbons (Fsp3) is 0.278. The van der Waals surface area contributed by atoms with E-state index in [-0.39, 0.29) is 18.8 Å². The van der Waals surface area contributed by atoms with Crippen molar-refractivity contribution in [3.63, 3.8) is 0 Å². The van der Waals surface area contributed by atoms with Gasteiger partial charge in [0.1, 0.15) is 28.7 Å². The number of fused-ring (bicyclic) bond motifs is 1. The normalized spacial score (nSPS) is 10.8. The number of para-hydroxylation sites is 1. The summed E-state index contributed by atoms with van der Waals surface area (Å²) in [5.74, 6) is 0.264. The lowest BCUT2D eigenvalue weighted by atomic mass is 10.2. The predicted molar refractivity (Wildman–Crippen MR) is 96.5 cm³/mol. The fourth-order valence-electron chi connectivity index (χ4n) is 2.46. The van der Waals surface area contributed by atoms with Crippen LogP contribution in [0.15, 0.2) is 41.5 Å². The smallest absolute Gasteiger partial charge is 0.348 e. The highest BCUT2D eigenvalue weighted by atomic mass is 32.1. The molecule has 0 unspecified atom stereocenters. The number of nitrogens with zero attached hydrogens (tertiary/aromatic N) is 2. The third kappa shape index (κ3) is 3.56. The summed E-state index contributed by atoms with van der Waals surface area (Å²) in [5.41, 5.74) is 0.488. The molecule has 0 atom stereocenters. The first kappa shape index (κ1) is 17.2. The molecule has 0 saturated carbocycles. The van der Waals surface area contributed by atoms with Gasteiger partial charge in [-0.3, -0.25) is 9.36 Å². The maximum atomic E-state index is 12.4. The van der Waals surface area contributed by atoms with Gasteiger partial charge >= 0.3 is 5.97 Å². The number of thiophene rings is 1. The zero-order chi connectivity index (χ0) is 17.8. The molecule has 2 aromatic heterocycles. The van der Waals surface area contributed by atoms with Crippen molar-refractivity contribution < 1.29 is 14.3 Å². The highest BCUT2D eigenvalue weighted by Gasteiger charge is 2.20. The van der Waals surface area contributed by atoms with Crippen LogP contribution in [0.3, 0.4) is 0 Å². The Balaban J connectivity index is 1.69. The Bertz CT molecular complexity index is 947. The van der Waals surface area contributed by atoms with Crippen LogP contribution in [-0.4, -0.2) is 28.7 Å². The van der Waals surface area contributed by atoms with E-state index < -0.39 is 5.97 Å². The molecule has 0 bridgehead atoms. The molecule has 0 saturated heterocycles. The van der Waals surface area contributed by atoms with Gasteiger partial charge in [0.2, 0.25) is 0 Å². The van der Waals surface area contributed by atoms with Gasteiger partial charge in [0.15, 0.2) is 0 Å². The Kier molecular flexibility index (Phi) is 5.14. The summed E-state index contributed by atoms with van der Waals surface area (Å²) in [4.78, 5) is 29.9. The van der Waals surface area contributed by atoms with Crippen molar-refractivity contribution in [2.45, 2.75) is 20.4 Å². The Morgan fingerprint density at radius 1 is 1.24 bits per heavy atom. The fourth-order valence-corrected chi connectivity index (χ4v) is 3.49. The largest absolute Gasteiger partial charge is 0.490 e. The number of rotatable bonds is 6. The molecule has 0 radical (unpaired) electrons. The molecule has 7 heteroatoms. The topological polar surface area (TPSA) is 70.4 Å². The lowest BCUT2D eigenvalue weighted by molar-refractivity contribution is 0.0455. The first-order chi connectivity index (χ1) is 12.1. The van der Waals surface area contributed by atoms with Gasteiger partial charge in [0.25, 0.3) is 5.56 Å². The summed E-state index contributed by atoms with van der Waals surface area (Å²) in [5, 5.41) is 0.488. The average molecular weight is 358 g/mol. The van der Waals surface area contributed by atoms with Crippen molar-refractivity contribution in [2.24, 2.45) is 0 Å². The van der Waals surface area contributed by atoms with E-state index in [9.17, 15) is 9.59 Å². The molecule has 6 nitrogen and oxygen atoms in total. The second kappa shape index (κ2) is 7.48. The van der Waals surface area contributed by atoms with Gasteiger partial charge in [-0.25, -0.2) is 9.78 Å². The van der Waals surface area contributed by atoms with E-state index in [1.165, 1.54) is 22.2 Å². The van der Waals surface area contributed by atoms with Gasteiger partial charge < -0.3 is 9.47 Å². The molecule has 3 aromatic rings. The van der Waals surface area contributed by atoms with E-state index in [2.05, 4.69) is 4.98 Å². The number of hydrogen-bond acceptors (Lipinski definition) is 6. The van der Waals surface area contributed by atoms with Crippen molar-refractivity contribution >= 4 is 27.5 Å². The number of hydrogen-bond donors (Lipinski definition) is 0. The number of aryl methyl sites for hydroxylation is 2. The van der Waals surface area contributed by atoms with Gasteiger partial charge in [-0.15, -0.1) is 11.3 Å². The van der Waals surface area contributed by atoms with Crippen LogP contribution in [-0.2, 0) is 11.3 Å². The minimum atomic E-state index is -0.459. The maximum absolute atomic E-state index is 12.4. The molecule has 0 spiro atoms. The minimum Gasteiger partial charge on any atom is -0.490 e. The molecule has 1 aromatic carbocycles. The van der Waals surface area contributed by atoms with Crippen LogP contribution < -0.4 is 10.3 Å². The lowest BCUT2D eigenvalue weighted by Gasteiger charge is -2.06. The quantitative estimate of drug-likeness (QED) is 0.500. The molecule has 0 aliphatic rings. The number of ether oxygens (including phenoxy) is 2. The van der Waals surface area contributed by atoms with Crippen LogP contribution in [0.4, 0.5) is 0 Å². The Morgan fingerprint density at radius 2 is 2.00 bits per heavy atom. The van der Waals surface area contributed by atoms with Crippen molar-refractivity contribution in [1.82, 2.24) is 9.55 Å². The maximum Gasteiger partial charge on any atom is 0.348 e. The van der Waals surface area contributed by atoms with Gasteiger partial charge in [-0.1, -0.05) is 18.2 Å². The van der Waals surface area contributed by atoms with E-state index in [4.69, 9.17) is 9.47 Å². The monoisotopic (exact) mass is 358 g/mol. The van der Waals surface area contributed by atoms with Gasteiger partial charge in [0, 0.05) is 6.54 Å². The third-order valence-corrected chi connectivity index (χ3v) is 4.95. The van der Waals surface area contributed by atoms with E-state index in [0.29, 0.717) is 27.2 Å². The van der Waals surface area contributed by atoms with Crippen LogP contribution in [0.2, 0.25) is 0 Å². The predicted octanol–water partition coefficient (Wildman–Crippen LogP) is 3.02. The van der Waals surface area contributed by atoms with Crippen LogP contribution in [0.1, 0.15) is 22.2 Å². The van der Waals surface area contributed by atoms with Crippen molar-refractivity contribution in [1.29, 1.82) is 0 Å². The number of carbonyl (C=O) groups is 1. The van der Waals surface area contributed by atoms with Crippen molar-refractivity contribution in [3.05, 3.63) is 57.5 Å². The number of aromatic nitrogens is 2. The Labute approximate surface area is 148 Å². The van der Waals surface area contributed by atoms with E-state index in [1.807, 2.05) is 37.3 Å². The molecular formula is C18H18N2O4S. The second-order valence-electron chi connectivity index (χ2n) is 5.37. The second-order valence-corrected chi connectivity index (χ2v) is 6.37. The summed E-state index contributed by atoms with van der Waals surface area (Å²) in [6.07, 6.45) is 1.50. The molecule has 130 valence electrons. The number of esters is 1. The summed E-state index contributed by atoms with van der Waals surface area (Å²) < 4.78 is 12.3. The standard InChI is InChI=1S/C18H18N2O4S/c1-3-20-11-19-16-14(17(20)21)12(2)15(25-16)18(22)24-10-9-23-13-7-5-4-6-8-13/h4-8,11H,3,9-10H2,1-2H3. The summed E-state index contributed by atoms with van der Waals surface area (Å²) >= 11 is 1.18. The highest BCUT2D eigenvalue weighted by molar-refractivity contribution is 7.20. The molecule has 25 heavy (non-hydrogen) atoms. The molecule has 2 heterocycles. The minimum absolute atomic E-state index is 0.132. The van der Waals surface area contributed by atoms with Gasteiger partial charge in [-0.2, -0.15) is 0 Å². The average Bonchev–Trinajstić information content (AvgIpc) is 2.97. The summed E-state index contributed by atoms with van der Waals surface area (Å²) in [7, 11) is 0. The van der Waals surface area contributed by atoms with E-state index >= 15 is 0 Å². The summed E-state index contributed by atoms with van der Waals surface area (Å²) in [6, 6.07) is 9.32. The number of carbonyl (C=O) groups excluding carboxylic acids is 1. The van der Waals surface area contributed by atoms with Crippen LogP contribution in [0.25, 0.3) is 10.2 Å². The SMILES string of the molecule is CCn1cnc2sc(C(=O)OCCOc3ccccc3)c(C)c2c1=O. The molecular weight excluding hydrogens is 340 g/mol. The first-order valence-electron chi connectivity index (χ1n) is 7.95. The van der Waals surface area contributed by atoms with Gasteiger partial charge in [0.05, 0.1) is 11.7 Å². The zero-order valence-corrected chi connectivity index (χ0v) is 14.8. The van der Waals surface area contributed by atoms with Crippen LogP contribution in [0, 0.1) is 6.92 Å². The highest BCUT2D eigenvalue weighted by Crippen LogP contribution is 2.27. The van der Waals surface area contributed by atoms with Gasteiger partial charge in [-0.05, 0) is 31.5 Å².